The summed E-state index contributed by atoms with van der Waals surface area (Å²) in [5.74, 6) is 0. The van der Waals surface area contributed by atoms with Gasteiger partial charge in [-0.25, -0.2) is 0 Å². The summed E-state index contributed by atoms with van der Waals surface area (Å²) >= 11 is 0. The Morgan fingerprint density at radius 2 is 2.14 bits per heavy atom. The van der Waals surface area contributed by atoms with Crippen LogP contribution < -0.4 is 5.73 Å². The van der Waals surface area contributed by atoms with Crippen molar-refractivity contribution in [1.29, 1.82) is 0 Å². The van der Waals surface area contributed by atoms with E-state index in [9.17, 15) is 0 Å². The lowest BCUT2D eigenvalue weighted by Crippen LogP contribution is -2.38. The molecule has 1 aromatic rings. The van der Waals surface area contributed by atoms with Crippen molar-refractivity contribution >= 4 is 0 Å². The first kappa shape index (κ1) is 11.2. The molecule has 80 valence electrons. The lowest BCUT2D eigenvalue weighted by atomic mass is 9.94. The highest BCUT2D eigenvalue weighted by Crippen LogP contribution is 2.14. The van der Waals surface area contributed by atoms with Crippen LogP contribution in [0.5, 0.6) is 0 Å². The Kier molecular flexibility index (Phi) is 3.32. The average molecular weight is 195 g/mol. The fourth-order valence-corrected chi connectivity index (χ4v) is 1.45. The highest BCUT2D eigenvalue weighted by Gasteiger charge is 2.18. The summed E-state index contributed by atoms with van der Waals surface area (Å²) in [6, 6.07) is 2.15. The van der Waals surface area contributed by atoms with E-state index in [1.54, 1.807) is 0 Å². The predicted molar refractivity (Wildman–Crippen MR) is 59.2 cm³/mol. The lowest BCUT2D eigenvalue weighted by molar-refractivity contribution is 0.436. The molecule has 1 rings (SSSR count). The lowest BCUT2D eigenvalue weighted by Gasteiger charge is -2.22. The summed E-state index contributed by atoms with van der Waals surface area (Å²) in [7, 11) is 1.99. The molecule has 0 bridgehead atoms. The Labute approximate surface area is 86.3 Å². The molecule has 1 atom stereocenters. The van der Waals surface area contributed by atoms with E-state index in [0.717, 1.165) is 25.0 Å². The quantitative estimate of drug-likeness (QED) is 0.794. The van der Waals surface area contributed by atoms with E-state index in [1.165, 1.54) is 5.69 Å². The number of rotatable bonds is 4. The Balaban J connectivity index is 2.81. The maximum Gasteiger partial charge on any atom is 0.0624 e. The molecule has 0 aliphatic heterocycles. The third-order valence-electron chi connectivity index (χ3n) is 2.78. The largest absolute Gasteiger partial charge is 0.325 e. The van der Waals surface area contributed by atoms with Crippen molar-refractivity contribution in [3.05, 3.63) is 17.5 Å². The molecular weight excluding hydrogens is 174 g/mol. The Hall–Kier alpha value is -0.830. The molecule has 0 aliphatic rings. The Bertz CT molecular complexity index is 299. The molecular formula is C11H21N3. The second kappa shape index (κ2) is 4.13. The van der Waals surface area contributed by atoms with Gasteiger partial charge in [0.1, 0.15) is 0 Å². The molecule has 1 aromatic heterocycles. The van der Waals surface area contributed by atoms with Gasteiger partial charge < -0.3 is 5.73 Å². The van der Waals surface area contributed by atoms with Crippen molar-refractivity contribution in [2.45, 2.75) is 45.6 Å². The van der Waals surface area contributed by atoms with Crippen LogP contribution in [0.1, 0.15) is 38.6 Å². The van der Waals surface area contributed by atoms with Crippen LogP contribution in [0, 0.1) is 0 Å². The minimum atomic E-state index is -0.112. The zero-order chi connectivity index (χ0) is 10.8. The molecule has 0 fully saturated rings. The summed E-state index contributed by atoms with van der Waals surface area (Å²) in [4.78, 5) is 0. The molecule has 0 radical (unpaired) electrons. The van der Waals surface area contributed by atoms with Crippen molar-refractivity contribution in [3.8, 4) is 0 Å². The Morgan fingerprint density at radius 3 is 2.57 bits per heavy atom. The summed E-state index contributed by atoms with van der Waals surface area (Å²) in [6.07, 6.45) is 2.87. The molecule has 14 heavy (non-hydrogen) atoms. The molecule has 0 aliphatic carbocycles. The van der Waals surface area contributed by atoms with Crippen LogP contribution in [0.4, 0.5) is 0 Å². The van der Waals surface area contributed by atoms with Crippen LogP contribution in [-0.2, 0) is 19.9 Å². The smallest absolute Gasteiger partial charge is 0.0624 e. The van der Waals surface area contributed by atoms with E-state index in [2.05, 4.69) is 31.9 Å². The van der Waals surface area contributed by atoms with Gasteiger partial charge in [0.05, 0.1) is 5.69 Å². The number of aryl methyl sites for hydroxylation is 2. The molecule has 1 unspecified atom stereocenters. The molecule has 1 heterocycles. The maximum atomic E-state index is 6.13. The van der Waals surface area contributed by atoms with Gasteiger partial charge in [-0.3, -0.25) is 4.68 Å². The molecule has 2 N–H and O–H groups in total. The van der Waals surface area contributed by atoms with E-state index in [1.807, 2.05) is 11.7 Å². The number of nitrogens with zero attached hydrogens (tertiary/aromatic N) is 2. The van der Waals surface area contributed by atoms with Crippen LogP contribution >= 0.6 is 0 Å². The second-order valence-electron chi connectivity index (χ2n) is 4.29. The molecule has 0 aromatic carbocycles. The van der Waals surface area contributed by atoms with Gasteiger partial charge in [0.15, 0.2) is 0 Å². The minimum absolute atomic E-state index is 0.112. The van der Waals surface area contributed by atoms with Gasteiger partial charge in [-0.15, -0.1) is 0 Å². The normalized spacial score (nSPS) is 15.5. The molecule has 3 nitrogen and oxygen atoms in total. The van der Waals surface area contributed by atoms with Gasteiger partial charge in [-0.05, 0) is 25.8 Å². The third kappa shape index (κ3) is 2.58. The van der Waals surface area contributed by atoms with Crippen LogP contribution in [-0.4, -0.2) is 15.3 Å². The van der Waals surface area contributed by atoms with Gasteiger partial charge in [-0.1, -0.05) is 13.8 Å². The topological polar surface area (TPSA) is 43.8 Å². The number of aromatic nitrogens is 2. The van der Waals surface area contributed by atoms with Crippen LogP contribution in [0.15, 0.2) is 6.07 Å². The highest BCUT2D eigenvalue weighted by atomic mass is 15.3. The van der Waals surface area contributed by atoms with Gasteiger partial charge in [-0.2, -0.15) is 5.10 Å². The molecule has 0 saturated heterocycles. The first-order valence-corrected chi connectivity index (χ1v) is 5.29. The minimum Gasteiger partial charge on any atom is -0.325 e. The van der Waals surface area contributed by atoms with Gasteiger partial charge in [0.2, 0.25) is 0 Å². The SMILES string of the molecule is CCc1cc(CC(C)(N)CC)n(C)n1. The average Bonchev–Trinajstić information content (AvgIpc) is 2.47. The summed E-state index contributed by atoms with van der Waals surface area (Å²) in [5, 5.41) is 4.41. The van der Waals surface area contributed by atoms with Gasteiger partial charge in [0, 0.05) is 24.7 Å². The number of hydrogen-bond acceptors (Lipinski definition) is 2. The first-order valence-electron chi connectivity index (χ1n) is 5.29. The standard InChI is InChI=1S/C11H21N3/c1-5-9-7-10(14(4)13-9)8-11(3,12)6-2/h7H,5-6,8,12H2,1-4H3. The summed E-state index contributed by atoms with van der Waals surface area (Å²) < 4.78 is 1.94. The van der Waals surface area contributed by atoms with E-state index in [-0.39, 0.29) is 5.54 Å². The van der Waals surface area contributed by atoms with E-state index >= 15 is 0 Å². The van der Waals surface area contributed by atoms with Crippen molar-refractivity contribution in [2.75, 3.05) is 0 Å². The summed E-state index contributed by atoms with van der Waals surface area (Å²) in [5.41, 5.74) is 8.39. The predicted octanol–water partition coefficient (Wildman–Crippen LogP) is 1.65. The van der Waals surface area contributed by atoms with Crippen molar-refractivity contribution < 1.29 is 0 Å². The number of nitrogens with two attached hydrogens (primary N) is 1. The van der Waals surface area contributed by atoms with Crippen molar-refractivity contribution in [2.24, 2.45) is 12.8 Å². The van der Waals surface area contributed by atoms with Crippen molar-refractivity contribution in [1.82, 2.24) is 9.78 Å². The maximum absolute atomic E-state index is 6.13. The first-order chi connectivity index (χ1) is 6.48. The molecule has 0 saturated carbocycles. The summed E-state index contributed by atoms with van der Waals surface area (Å²) in [6.45, 7) is 6.33. The molecule has 0 spiro atoms. The Morgan fingerprint density at radius 1 is 1.50 bits per heavy atom. The van der Waals surface area contributed by atoms with Gasteiger partial charge in [0.25, 0.3) is 0 Å². The van der Waals surface area contributed by atoms with E-state index in [4.69, 9.17) is 5.73 Å². The van der Waals surface area contributed by atoms with Gasteiger partial charge >= 0.3 is 0 Å². The van der Waals surface area contributed by atoms with Crippen LogP contribution in [0.3, 0.4) is 0 Å². The van der Waals surface area contributed by atoms with E-state index < -0.39 is 0 Å². The fraction of sp³-hybridized carbons (Fsp3) is 0.727. The molecule has 3 heteroatoms. The molecule has 0 amide bonds. The third-order valence-corrected chi connectivity index (χ3v) is 2.78. The number of hydrogen-bond donors (Lipinski definition) is 1. The zero-order valence-electron chi connectivity index (χ0n) is 9.67. The second-order valence-corrected chi connectivity index (χ2v) is 4.29. The highest BCUT2D eigenvalue weighted by molar-refractivity contribution is 5.12. The van der Waals surface area contributed by atoms with E-state index in [0.29, 0.717) is 0 Å². The monoisotopic (exact) mass is 195 g/mol. The van der Waals surface area contributed by atoms with Crippen LogP contribution in [0.25, 0.3) is 0 Å². The van der Waals surface area contributed by atoms with Crippen molar-refractivity contribution in [3.63, 3.8) is 0 Å². The fourth-order valence-electron chi connectivity index (χ4n) is 1.45. The zero-order valence-corrected chi connectivity index (χ0v) is 9.67. The van der Waals surface area contributed by atoms with Crippen LogP contribution in [0.2, 0.25) is 0 Å².